The lowest BCUT2D eigenvalue weighted by Crippen LogP contribution is -2.30. The number of likely N-dealkylation sites (tertiary alicyclic amines) is 1. The van der Waals surface area contributed by atoms with Crippen molar-refractivity contribution >= 4 is 5.91 Å². The number of aliphatic hydroxyl groups is 1. The molecule has 2 N–H and O–H groups in total. The highest BCUT2D eigenvalue weighted by atomic mass is 16.3. The minimum absolute atomic E-state index is 0.100. The summed E-state index contributed by atoms with van der Waals surface area (Å²) in [4.78, 5) is 30.5. The van der Waals surface area contributed by atoms with Gasteiger partial charge in [-0.15, -0.1) is 0 Å². The summed E-state index contributed by atoms with van der Waals surface area (Å²) in [6, 6.07) is 0. The number of hydrogen-bond acceptors (Lipinski definition) is 4. The molecule has 0 spiro atoms. The Balaban J connectivity index is 2.08. The van der Waals surface area contributed by atoms with Crippen molar-refractivity contribution in [3.05, 3.63) is 28.4 Å². The number of nitrogens with one attached hydrogen (secondary N) is 1. The molecular formula is C10H13N3O3. The van der Waals surface area contributed by atoms with Crippen molar-refractivity contribution in [2.24, 2.45) is 5.92 Å². The third kappa shape index (κ3) is 2.11. The largest absolute Gasteiger partial charge is 0.396 e. The van der Waals surface area contributed by atoms with Crippen molar-refractivity contribution in [1.29, 1.82) is 0 Å². The van der Waals surface area contributed by atoms with Gasteiger partial charge in [-0.25, -0.2) is 4.98 Å². The average Bonchev–Trinajstić information content (AvgIpc) is 2.77. The van der Waals surface area contributed by atoms with Crippen LogP contribution in [0.5, 0.6) is 0 Å². The summed E-state index contributed by atoms with van der Waals surface area (Å²) in [5, 5.41) is 8.97. The van der Waals surface area contributed by atoms with E-state index in [1.54, 1.807) is 4.90 Å². The summed E-state index contributed by atoms with van der Waals surface area (Å²) in [6.45, 7) is 1.28. The molecule has 1 atom stereocenters. The number of nitrogens with zero attached hydrogens (tertiary/aromatic N) is 2. The minimum Gasteiger partial charge on any atom is -0.396 e. The Labute approximate surface area is 91.9 Å². The minimum atomic E-state index is -0.328. The predicted molar refractivity (Wildman–Crippen MR) is 56.0 cm³/mol. The van der Waals surface area contributed by atoms with Crippen molar-refractivity contribution in [3.8, 4) is 0 Å². The predicted octanol–water partition coefficient (Wildman–Crippen LogP) is -0.776. The lowest BCUT2D eigenvalue weighted by atomic mass is 10.1. The van der Waals surface area contributed by atoms with Crippen molar-refractivity contribution < 1.29 is 9.90 Å². The number of aromatic amines is 1. The number of aromatic nitrogens is 2. The molecule has 16 heavy (non-hydrogen) atoms. The summed E-state index contributed by atoms with van der Waals surface area (Å²) in [7, 11) is 0. The van der Waals surface area contributed by atoms with Gasteiger partial charge in [-0.05, 0) is 6.42 Å². The summed E-state index contributed by atoms with van der Waals surface area (Å²) < 4.78 is 0. The third-order valence-electron chi connectivity index (χ3n) is 2.72. The Kier molecular flexibility index (Phi) is 3.00. The number of amides is 1. The van der Waals surface area contributed by atoms with Crippen molar-refractivity contribution in [1.82, 2.24) is 14.9 Å². The molecule has 1 aliphatic rings. The van der Waals surface area contributed by atoms with E-state index in [2.05, 4.69) is 9.97 Å². The normalized spacial score (nSPS) is 20.1. The van der Waals surface area contributed by atoms with E-state index in [-0.39, 0.29) is 29.7 Å². The molecule has 6 heteroatoms. The SMILES string of the molecule is O=C(c1c[nH]c(=O)cn1)N1CCC(CO)C1. The van der Waals surface area contributed by atoms with Gasteiger partial charge < -0.3 is 15.0 Å². The van der Waals surface area contributed by atoms with E-state index in [0.717, 1.165) is 12.6 Å². The van der Waals surface area contributed by atoms with E-state index in [9.17, 15) is 9.59 Å². The second kappa shape index (κ2) is 4.44. The van der Waals surface area contributed by atoms with Crippen LogP contribution in [0, 0.1) is 5.92 Å². The quantitative estimate of drug-likeness (QED) is 0.689. The van der Waals surface area contributed by atoms with Crippen molar-refractivity contribution in [2.45, 2.75) is 6.42 Å². The van der Waals surface area contributed by atoms with Gasteiger partial charge in [0.1, 0.15) is 5.69 Å². The molecule has 0 bridgehead atoms. The fourth-order valence-electron chi connectivity index (χ4n) is 1.79. The molecule has 6 nitrogen and oxygen atoms in total. The Hall–Kier alpha value is -1.69. The molecule has 0 aliphatic carbocycles. The second-order valence-electron chi connectivity index (χ2n) is 3.88. The third-order valence-corrected chi connectivity index (χ3v) is 2.72. The van der Waals surface area contributed by atoms with Crippen LogP contribution in [0.3, 0.4) is 0 Å². The highest BCUT2D eigenvalue weighted by molar-refractivity contribution is 5.92. The van der Waals surface area contributed by atoms with Gasteiger partial charge in [0, 0.05) is 31.8 Å². The zero-order valence-electron chi connectivity index (χ0n) is 8.72. The number of H-pyrrole nitrogens is 1. The molecule has 0 radical (unpaired) electrons. The van der Waals surface area contributed by atoms with Gasteiger partial charge >= 0.3 is 0 Å². The van der Waals surface area contributed by atoms with Crippen molar-refractivity contribution in [2.75, 3.05) is 19.7 Å². The lowest BCUT2D eigenvalue weighted by Gasteiger charge is -2.14. The van der Waals surface area contributed by atoms with Gasteiger partial charge in [-0.2, -0.15) is 0 Å². The first kappa shape index (κ1) is 10.8. The standard InChI is InChI=1S/C10H13N3O3/c14-6-7-1-2-13(5-7)10(16)8-3-12-9(15)4-11-8/h3-4,7,14H,1-2,5-6H2,(H,12,15). The Morgan fingerprint density at radius 2 is 2.50 bits per heavy atom. The number of carbonyl (C=O) groups excluding carboxylic acids is 1. The van der Waals surface area contributed by atoms with Crippen LogP contribution >= 0.6 is 0 Å². The summed E-state index contributed by atoms with van der Waals surface area (Å²) in [6.07, 6.45) is 3.22. The van der Waals surface area contributed by atoms with Crippen LogP contribution in [0.4, 0.5) is 0 Å². The molecule has 1 fully saturated rings. The van der Waals surface area contributed by atoms with Gasteiger partial charge in [-0.1, -0.05) is 0 Å². The zero-order valence-corrected chi connectivity index (χ0v) is 8.72. The van der Waals surface area contributed by atoms with Gasteiger partial charge in [0.25, 0.3) is 11.5 Å². The molecule has 1 unspecified atom stereocenters. The van der Waals surface area contributed by atoms with Crippen LogP contribution in [-0.2, 0) is 0 Å². The summed E-state index contributed by atoms with van der Waals surface area (Å²) in [5.74, 6) is -0.0427. The van der Waals surface area contributed by atoms with Gasteiger partial charge in [0.2, 0.25) is 0 Å². The highest BCUT2D eigenvalue weighted by Gasteiger charge is 2.26. The maximum atomic E-state index is 11.9. The first-order valence-corrected chi connectivity index (χ1v) is 5.15. The second-order valence-corrected chi connectivity index (χ2v) is 3.88. The molecule has 2 rings (SSSR count). The molecule has 1 aromatic heterocycles. The molecule has 1 aliphatic heterocycles. The number of hydrogen-bond donors (Lipinski definition) is 2. The van der Waals surface area contributed by atoms with E-state index < -0.39 is 0 Å². The lowest BCUT2D eigenvalue weighted by molar-refractivity contribution is 0.0775. The van der Waals surface area contributed by atoms with Gasteiger partial charge in [-0.3, -0.25) is 9.59 Å². The molecule has 86 valence electrons. The molecule has 2 heterocycles. The molecule has 1 saturated heterocycles. The molecule has 1 amide bonds. The first-order valence-electron chi connectivity index (χ1n) is 5.15. The Morgan fingerprint density at radius 1 is 1.69 bits per heavy atom. The average molecular weight is 223 g/mol. The first-order chi connectivity index (χ1) is 7.70. The van der Waals surface area contributed by atoms with Crippen LogP contribution in [0.25, 0.3) is 0 Å². The highest BCUT2D eigenvalue weighted by Crippen LogP contribution is 2.16. The van der Waals surface area contributed by atoms with E-state index in [4.69, 9.17) is 5.11 Å². The fourth-order valence-corrected chi connectivity index (χ4v) is 1.79. The van der Waals surface area contributed by atoms with E-state index >= 15 is 0 Å². The Morgan fingerprint density at radius 3 is 3.06 bits per heavy atom. The number of rotatable bonds is 2. The van der Waals surface area contributed by atoms with Gasteiger partial charge in [0.05, 0.1) is 6.20 Å². The summed E-state index contributed by atoms with van der Waals surface area (Å²) >= 11 is 0. The monoisotopic (exact) mass is 223 g/mol. The van der Waals surface area contributed by atoms with Crippen LogP contribution in [0.2, 0.25) is 0 Å². The molecular weight excluding hydrogens is 210 g/mol. The fraction of sp³-hybridized carbons (Fsp3) is 0.500. The maximum absolute atomic E-state index is 11.9. The van der Waals surface area contributed by atoms with Crippen LogP contribution in [-0.4, -0.2) is 45.6 Å². The van der Waals surface area contributed by atoms with Crippen LogP contribution in [0.15, 0.2) is 17.2 Å². The van der Waals surface area contributed by atoms with Crippen LogP contribution < -0.4 is 5.56 Å². The number of aliphatic hydroxyl groups excluding tert-OH is 1. The molecule has 0 aromatic carbocycles. The van der Waals surface area contributed by atoms with Gasteiger partial charge in [0.15, 0.2) is 0 Å². The Bertz CT molecular complexity index is 423. The van der Waals surface area contributed by atoms with Crippen molar-refractivity contribution in [3.63, 3.8) is 0 Å². The van der Waals surface area contributed by atoms with Crippen LogP contribution in [0.1, 0.15) is 16.9 Å². The maximum Gasteiger partial charge on any atom is 0.273 e. The molecule has 0 saturated carbocycles. The number of carbonyl (C=O) groups is 1. The van der Waals surface area contributed by atoms with E-state index in [0.29, 0.717) is 13.1 Å². The molecule has 1 aromatic rings. The summed E-state index contributed by atoms with van der Waals surface area (Å²) in [5.41, 5.74) is -0.0932. The van der Waals surface area contributed by atoms with E-state index in [1.807, 2.05) is 0 Å². The topological polar surface area (TPSA) is 86.3 Å². The smallest absolute Gasteiger partial charge is 0.273 e. The van der Waals surface area contributed by atoms with E-state index in [1.165, 1.54) is 6.20 Å². The zero-order chi connectivity index (χ0) is 11.5.